The fraction of sp³-hybridized carbons (Fsp3) is 0.618. The van der Waals surface area contributed by atoms with E-state index >= 15 is 0 Å². The number of aryl methyl sites for hydroxylation is 1. The Hall–Kier alpha value is -2.62. The number of rotatable bonds is 18. The van der Waals surface area contributed by atoms with Gasteiger partial charge in [-0.2, -0.15) is 0 Å². The summed E-state index contributed by atoms with van der Waals surface area (Å²) in [6.45, 7) is 18.5. The molecule has 9 heteroatoms. The molecule has 0 aliphatic heterocycles. The average Bonchev–Trinajstić information content (AvgIpc) is 2.93. The van der Waals surface area contributed by atoms with Crippen molar-refractivity contribution >= 4 is 21.6 Å². The van der Waals surface area contributed by atoms with Crippen LogP contribution in [0, 0.1) is 12.3 Å². The number of amides is 1. The SMILES string of the molecule is CCCCCCCCOc1cccc(C(C)(C)CC(C)(C)C)c1S(=O)(=O)NCCN(CC)c1ccc(C(=O)NO)c(C)c1. The van der Waals surface area contributed by atoms with Crippen LogP contribution in [0.25, 0.3) is 0 Å². The van der Waals surface area contributed by atoms with Crippen molar-refractivity contribution in [2.75, 3.05) is 31.1 Å². The molecule has 0 spiro atoms. The number of likely N-dealkylation sites (N-methyl/N-ethyl adjacent to an activating group) is 1. The van der Waals surface area contributed by atoms with E-state index < -0.39 is 21.3 Å². The van der Waals surface area contributed by atoms with Crippen molar-refractivity contribution in [3.8, 4) is 5.75 Å². The minimum atomic E-state index is -3.91. The summed E-state index contributed by atoms with van der Waals surface area (Å²) in [5.41, 5.74) is 3.98. The van der Waals surface area contributed by atoms with Gasteiger partial charge in [-0.1, -0.05) is 85.8 Å². The fourth-order valence-electron chi connectivity index (χ4n) is 5.94. The van der Waals surface area contributed by atoms with E-state index in [0.29, 0.717) is 36.6 Å². The van der Waals surface area contributed by atoms with Crippen LogP contribution < -0.4 is 19.8 Å². The minimum absolute atomic E-state index is 0.000467. The van der Waals surface area contributed by atoms with Gasteiger partial charge in [-0.15, -0.1) is 0 Å². The second-order valence-corrected chi connectivity index (χ2v) is 15.0. The molecule has 2 aromatic rings. The van der Waals surface area contributed by atoms with E-state index in [1.54, 1.807) is 30.6 Å². The first-order chi connectivity index (χ1) is 20.2. The highest BCUT2D eigenvalue weighted by atomic mass is 32.2. The molecule has 0 aromatic heterocycles. The number of carbonyl (C=O) groups is 1. The summed E-state index contributed by atoms with van der Waals surface area (Å²) in [5, 5.41) is 8.98. The second kappa shape index (κ2) is 16.5. The van der Waals surface area contributed by atoms with Crippen LogP contribution in [0.2, 0.25) is 0 Å². The van der Waals surface area contributed by atoms with Crippen LogP contribution >= 0.6 is 0 Å². The van der Waals surface area contributed by atoms with Crippen LogP contribution in [0.5, 0.6) is 5.75 Å². The first-order valence-corrected chi connectivity index (χ1v) is 17.2. The van der Waals surface area contributed by atoms with Crippen LogP contribution in [0.1, 0.15) is 115 Å². The highest BCUT2D eigenvalue weighted by Crippen LogP contribution is 2.42. The number of hydrogen-bond acceptors (Lipinski definition) is 6. The van der Waals surface area contributed by atoms with Crippen molar-refractivity contribution in [3.63, 3.8) is 0 Å². The topological polar surface area (TPSA) is 108 Å². The zero-order valence-electron chi connectivity index (χ0n) is 27.7. The van der Waals surface area contributed by atoms with Gasteiger partial charge in [0.1, 0.15) is 10.6 Å². The predicted molar refractivity (Wildman–Crippen MR) is 176 cm³/mol. The maximum absolute atomic E-state index is 14.0. The molecular formula is C34H55N3O5S. The maximum Gasteiger partial charge on any atom is 0.274 e. The molecule has 3 N–H and O–H groups in total. The summed E-state index contributed by atoms with van der Waals surface area (Å²) in [6, 6.07) is 10.9. The molecule has 43 heavy (non-hydrogen) atoms. The molecule has 0 saturated heterocycles. The summed E-state index contributed by atoms with van der Waals surface area (Å²) in [6.07, 6.45) is 7.56. The largest absolute Gasteiger partial charge is 0.492 e. The smallest absolute Gasteiger partial charge is 0.274 e. The number of hydrogen-bond donors (Lipinski definition) is 3. The van der Waals surface area contributed by atoms with Gasteiger partial charge in [0.25, 0.3) is 5.91 Å². The number of ether oxygens (including phenoxy) is 1. The Morgan fingerprint density at radius 3 is 2.26 bits per heavy atom. The van der Waals surface area contributed by atoms with Crippen LogP contribution in [-0.2, 0) is 15.4 Å². The molecule has 0 fully saturated rings. The lowest BCUT2D eigenvalue weighted by atomic mass is 9.72. The van der Waals surface area contributed by atoms with Crippen molar-refractivity contribution in [3.05, 3.63) is 53.1 Å². The lowest BCUT2D eigenvalue weighted by molar-refractivity contribution is 0.0705. The Kier molecular flexibility index (Phi) is 14.0. The van der Waals surface area contributed by atoms with E-state index in [1.165, 1.54) is 19.3 Å². The number of sulfonamides is 1. The maximum atomic E-state index is 14.0. The Labute approximate surface area is 260 Å². The summed E-state index contributed by atoms with van der Waals surface area (Å²) in [4.78, 5) is 14.2. The molecule has 0 aliphatic rings. The summed E-state index contributed by atoms with van der Waals surface area (Å²) in [5.74, 6) is -0.163. The number of unbranched alkanes of at least 4 members (excludes halogenated alkanes) is 5. The fourth-order valence-corrected chi connectivity index (χ4v) is 7.47. The zero-order valence-corrected chi connectivity index (χ0v) is 28.5. The Bertz CT molecular complexity index is 1290. The quantitative estimate of drug-likeness (QED) is 0.0916. The van der Waals surface area contributed by atoms with Crippen molar-refractivity contribution in [2.45, 2.75) is 111 Å². The van der Waals surface area contributed by atoms with Crippen LogP contribution in [-0.4, -0.2) is 45.8 Å². The number of anilines is 1. The third-order valence-corrected chi connectivity index (χ3v) is 9.22. The van der Waals surface area contributed by atoms with E-state index in [-0.39, 0.29) is 16.9 Å². The molecule has 242 valence electrons. The molecule has 0 aliphatic carbocycles. The minimum Gasteiger partial charge on any atom is -0.492 e. The van der Waals surface area contributed by atoms with E-state index in [1.807, 2.05) is 30.0 Å². The molecule has 0 saturated carbocycles. The van der Waals surface area contributed by atoms with Crippen molar-refractivity contribution in [1.82, 2.24) is 10.2 Å². The van der Waals surface area contributed by atoms with Crippen LogP contribution in [0.15, 0.2) is 41.3 Å². The van der Waals surface area contributed by atoms with Crippen molar-refractivity contribution in [2.24, 2.45) is 5.41 Å². The third-order valence-electron chi connectivity index (χ3n) is 7.68. The first kappa shape index (κ1) is 36.6. The second-order valence-electron chi connectivity index (χ2n) is 13.3. The van der Waals surface area contributed by atoms with Crippen molar-refractivity contribution in [1.29, 1.82) is 0 Å². The molecule has 0 heterocycles. The van der Waals surface area contributed by atoms with Crippen molar-refractivity contribution < 1.29 is 23.2 Å². The highest BCUT2D eigenvalue weighted by molar-refractivity contribution is 7.89. The van der Waals surface area contributed by atoms with Gasteiger partial charge in [0.15, 0.2) is 0 Å². The summed E-state index contributed by atoms with van der Waals surface area (Å²) < 4.78 is 37.1. The molecule has 0 radical (unpaired) electrons. The van der Waals surface area contributed by atoms with Gasteiger partial charge in [0.2, 0.25) is 10.0 Å². The van der Waals surface area contributed by atoms with Gasteiger partial charge < -0.3 is 9.64 Å². The first-order valence-electron chi connectivity index (χ1n) is 15.7. The molecule has 2 rings (SSSR count). The molecular weight excluding hydrogens is 562 g/mol. The Balaban J connectivity index is 2.30. The van der Waals surface area contributed by atoms with Gasteiger partial charge in [0.05, 0.1) is 6.61 Å². The third kappa shape index (κ3) is 11.1. The summed E-state index contributed by atoms with van der Waals surface area (Å²) >= 11 is 0. The van der Waals surface area contributed by atoms with Crippen LogP contribution in [0.3, 0.4) is 0 Å². The molecule has 8 nitrogen and oxygen atoms in total. The number of hydroxylamine groups is 1. The van der Waals surface area contributed by atoms with Gasteiger partial charge in [-0.3, -0.25) is 10.0 Å². The lowest BCUT2D eigenvalue weighted by Crippen LogP contribution is -2.36. The van der Waals surface area contributed by atoms with Crippen LogP contribution in [0.4, 0.5) is 5.69 Å². The Morgan fingerprint density at radius 1 is 0.977 bits per heavy atom. The van der Waals surface area contributed by atoms with Gasteiger partial charge in [0, 0.05) is 30.9 Å². The van der Waals surface area contributed by atoms with E-state index in [4.69, 9.17) is 9.94 Å². The lowest BCUT2D eigenvalue weighted by Gasteiger charge is -2.34. The van der Waals surface area contributed by atoms with Gasteiger partial charge in [-0.05, 0) is 72.9 Å². The predicted octanol–water partition coefficient (Wildman–Crippen LogP) is 7.37. The molecule has 0 bridgehead atoms. The Morgan fingerprint density at radius 2 is 1.65 bits per heavy atom. The average molecular weight is 618 g/mol. The normalized spacial score (nSPS) is 12.3. The highest BCUT2D eigenvalue weighted by Gasteiger charge is 2.34. The molecule has 2 aromatic carbocycles. The van der Waals surface area contributed by atoms with Gasteiger partial charge >= 0.3 is 0 Å². The monoisotopic (exact) mass is 617 g/mol. The van der Waals surface area contributed by atoms with E-state index in [9.17, 15) is 13.2 Å². The zero-order chi connectivity index (χ0) is 32.3. The number of carbonyl (C=O) groups excluding carboxylic acids is 1. The molecule has 0 atom stereocenters. The van der Waals surface area contributed by atoms with Gasteiger partial charge in [-0.25, -0.2) is 18.6 Å². The number of benzene rings is 2. The van der Waals surface area contributed by atoms with E-state index in [2.05, 4.69) is 46.3 Å². The number of nitrogens with one attached hydrogen (secondary N) is 2. The number of nitrogens with zero attached hydrogens (tertiary/aromatic N) is 1. The van der Waals surface area contributed by atoms with E-state index in [0.717, 1.165) is 36.9 Å². The molecule has 1 amide bonds. The summed E-state index contributed by atoms with van der Waals surface area (Å²) in [7, 11) is -3.91. The standard InChI is InChI=1S/C34H55N3O5S/c1-9-11-12-13-14-15-23-42-30-18-16-17-29(34(7,8)25-33(4,5)6)31(30)43(40,41)35-21-22-37(10-2)27-19-20-28(26(3)24-27)32(38)36-39/h16-20,24,35,39H,9-15,21-23,25H2,1-8H3,(H,36,38). The molecule has 0 unspecified atom stereocenters.